The average Bonchev–Trinajstić information content (AvgIpc) is 2.33. The highest BCUT2D eigenvalue weighted by atomic mass is 19.4. The van der Waals surface area contributed by atoms with Crippen LogP contribution < -0.4 is 10.6 Å². The molecule has 0 aliphatic carbocycles. The van der Waals surface area contributed by atoms with Crippen molar-refractivity contribution >= 4 is 6.03 Å². The van der Waals surface area contributed by atoms with Gasteiger partial charge in [-0.25, -0.2) is 4.79 Å². The van der Waals surface area contributed by atoms with Crippen molar-refractivity contribution in [3.63, 3.8) is 0 Å². The standard InChI is InChI=1S/C12H22F3N3O/c1-9(2)18(7-10-5-3-4-6-16-10)11(19)17-8-12(13,14)15/h9-10,16H,3-8H2,1-2H3,(H,17,19). The summed E-state index contributed by atoms with van der Waals surface area (Å²) in [6.07, 6.45) is -1.22. The van der Waals surface area contributed by atoms with E-state index in [1.165, 1.54) is 4.90 Å². The second kappa shape index (κ2) is 6.98. The highest BCUT2D eigenvalue weighted by molar-refractivity contribution is 5.74. The number of hydrogen-bond donors (Lipinski definition) is 2. The number of carbonyl (C=O) groups excluding carboxylic acids is 1. The van der Waals surface area contributed by atoms with Crippen molar-refractivity contribution in [2.24, 2.45) is 0 Å². The molecule has 1 unspecified atom stereocenters. The molecule has 1 fully saturated rings. The Morgan fingerprint density at radius 3 is 2.58 bits per heavy atom. The average molecular weight is 281 g/mol. The number of hydrogen-bond acceptors (Lipinski definition) is 2. The Hall–Kier alpha value is -0.980. The van der Waals surface area contributed by atoms with Crippen LogP contribution in [0.3, 0.4) is 0 Å². The summed E-state index contributed by atoms with van der Waals surface area (Å²) in [6.45, 7) is 3.67. The lowest BCUT2D eigenvalue weighted by Crippen LogP contribution is -2.52. The Kier molecular flexibility index (Phi) is 5.90. The monoisotopic (exact) mass is 281 g/mol. The highest BCUT2D eigenvalue weighted by Gasteiger charge is 2.30. The summed E-state index contributed by atoms with van der Waals surface area (Å²) in [7, 11) is 0. The zero-order chi connectivity index (χ0) is 14.5. The number of piperidine rings is 1. The molecular weight excluding hydrogens is 259 g/mol. The van der Waals surface area contributed by atoms with E-state index in [1.807, 2.05) is 5.32 Å². The number of nitrogens with one attached hydrogen (secondary N) is 2. The summed E-state index contributed by atoms with van der Waals surface area (Å²) >= 11 is 0. The second-order valence-electron chi connectivity index (χ2n) is 5.17. The van der Waals surface area contributed by atoms with Crippen LogP contribution in [0.1, 0.15) is 33.1 Å². The first-order valence-electron chi connectivity index (χ1n) is 6.64. The predicted octanol–water partition coefficient (Wildman–Crippen LogP) is 2.11. The quantitative estimate of drug-likeness (QED) is 0.829. The lowest BCUT2D eigenvalue weighted by molar-refractivity contribution is -0.123. The van der Waals surface area contributed by atoms with Crippen molar-refractivity contribution in [2.45, 2.75) is 51.4 Å². The summed E-state index contributed by atoms with van der Waals surface area (Å²) in [6, 6.07) is -0.607. The van der Waals surface area contributed by atoms with Gasteiger partial charge in [0.15, 0.2) is 0 Å². The van der Waals surface area contributed by atoms with E-state index in [9.17, 15) is 18.0 Å². The molecule has 0 aromatic rings. The maximum atomic E-state index is 12.1. The molecule has 7 heteroatoms. The van der Waals surface area contributed by atoms with Gasteiger partial charge in [0.25, 0.3) is 0 Å². The van der Waals surface area contributed by atoms with Gasteiger partial charge < -0.3 is 15.5 Å². The third kappa shape index (κ3) is 6.13. The molecule has 1 saturated heterocycles. The lowest BCUT2D eigenvalue weighted by atomic mass is 10.0. The fourth-order valence-corrected chi connectivity index (χ4v) is 2.12. The van der Waals surface area contributed by atoms with Crippen molar-refractivity contribution in [3.05, 3.63) is 0 Å². The molecule has 1 heterocycles. The Balaban J connectivity index is 2.48. The highest BCUT2D eigenvalue weighted by Crippen LogP contribution is 2.14. The number of alkyl halides is 3. The van der Waals surface area contributed by atoms with Crippen LogP contribution in [-0.4, -0.2) is 48.8 Å². The Morgan fingerprint density at radius 2 is 2.11 bits per heavy atom. The molecule has 0 aromatic carbocycles. The molecule has 1 aliphatic heterocycles. The molecule has 0 radical (unpaired) electrons. The van der Waals surface area contributed by atoms with Crippen LogP contribution in [0.25, 0.3) is 0 Å². The van der Waals surface area contributed by atoms with Crippen LogP contribution in [0.15, 0.2) is 0 Å². The van der Waals surface area contributed by atoms with Gasteiger partial charge in [0.1, 0.15) is 6.54 Å². The molecule has 1 atom stereocenters. The van der Waals surface area contributed by atoms with Gasteiger partial charge in [-0.3, -0.25) is 0 Å². The van der Waals surface area contributed by atoms with Gasteiger partial charge in [0.05, 0.1) is 0 Å². The Bertz CT molecular complexity index is 288. The number of urea groups is 1. The van der Waals surface area contributed by atoms with Crippen molar-refractivity contribution in [3.8, 4) is 0 Å². The van der Waals surface area contributed by atoms with E-state index in [1.54, 1.807) is 13.8 Å². The number of amides is 2. The maximum Gasteiger partial charge on any atom is 0.405 e. The Labute approximate surface area is 111 Å². The zero-order valence-electron chi connectivity index (χ0n) is 11.4. The van der Waals surface area contributed by atoms with E-state index < -0.39 is 18.8 Å². The molecule has 4 nitrogen and oxygen atoms in total. The Morgan fingerprint density at radius 1 is 1.42 bits per heavy atom. The minimum atomic E-state index is -4.37. The first kappa shape index (κ1) is 16.1. The number of rotatable bonds is 4. The van der Waals surface area contributed by atoms with Crippen LogP contribution in [-0.2, 0) is 0 Å². The molecule has 19 heavy (non-hydrogen) atoms. The first-order chi connectivity index (χ1) is 8.79. The summed E-state index contributed by atoms with van der Waals surface area (Å²) < 4.78 is 36.3. The van der Waals surface area contributed by atoms with E-state index in [-0.39, 0.29) is 12.1 Å². The fourth-order valence-electron chi connectivity index (χ4n) is 2.12. The number of halogens is 3. The van der Waals surface area contributed by atoms with Gasteiger partial charge in [-0.05, 0) is 33.2 Å². The first-order valence-corrected chi connectivity index (χ1v) is 6.64. The lowest BCUT2D eigenvalue weighted by Gasteiger charge is -2.33. The zero-order valence-corrected chi connectivity index (χ0v) is 11.4. The summed E-state index contributed by atoms with van der Waals surface area (Å²) in [5.74, 6) is 0. The third-order valence-electron chi connectivity index (χ3n) is 3.15. The summed E-state index contributed by atoms with van der Waals surface area (Å²) in [5.41, 5.74) is 0. The topological polar surface area (TPSA) is 44.4 Å². The van der Waals surface area contributed by atoms with Crippen LogP contribution in [0.2, 0.25) is 0 Å². The van der Waals surface area contributed by atoms with Crippen LogP contribution in [0.4, 0.5) is 18.0 Å². The molecule has 1 rings (SSSR count). The van der Waals surface area contributed by atoms with Gasteiger partial charge in [0, 0.05) is 18.6 Å². The van der Waals surface area contributed by atoms with Gasteiger partial charge >= 0.3 is 12.2 Å². The SMILES string of the molecule is CC(C)N(CC1CCCCN1)C(=O)NCC(F)(F)F. The number of nitrogens with zero attached hydrogens (tertiary/aromatic N) is 1. The predicted molar refractivity (Wildman–Crippen MR) is 66.9 cm³/mol. The summed E-state index contributed by atoms with van der Waals surface area (Å²) in [4.78, 5) is 13.2. The van der Waals surface area contributed by atoms with Crippen molar-refractivity contribution < 1.29 is 18.0 Å². The van der Waals surface area contributed by atoms with Crippen molar-refractivity contribution in [1.29, 1.82) is 0 Å². The number of carbonyl (C=O) groups is 1. The maximum absolute atomic E-state index is 12.1. The third-order valence-corrected chi connectivity index (χ3v) is 3.15. The molecule has 112 valence electrons. The second-order valence-corrected chi connectivity index (χ2v) is 5.17. The molecule has 1 aliphatic rings. The smallest absolute Gasteiger partial charge is 0.329 e. The molecule has 0 saturated carbocycles. The molecule has 2 amide bonds. The minimum Gasteiger partial charge on any atom is -0.329 e. The van der Waals surface area contributed by atoms with E-state index in [2.05, 4.69) is 5.32 Å². The minimum absolute atomic E-state index is 0.128. The summed E-state index contributed by atoms with van der Waals surface area (Å²) in [5, 5.41) is 5.22. The largest absolute Gasteiger partial charge is 0.405 e. The normalized spacial score (nSPS) is 20.4. The van der Waals surface area contributed by atoms with Gasteiger partial charge in [-0.15, -0.1) is 0 Å². The van der Waals surface area contributed by atoms with Gasteiger partial charge in [-0.1, -0.05) is 6.42 Å². The van der Waals surface area contributed by atoms with Gasteiger partial charge in [-0.2, -0.15) is 13.2 Å². The van der Waals surface area contributed by atoms with E-state index in [4.69, 9.17) is 0 Å². The van der Waals surface area contributed by atoms with Crippen molar-refractivity contribution in [1.82, 2.24) is 15.5 Å². The fraction of sp³-hybridized carbons (Fsp3) is 0.917. The molecule has 0 spiro atoms. The van der Waals surface area contributed by atoms with Crippen LogP contribution in [0.5, 0.6) is 0 Å². The van der Waals surface area contributed by atoms with Gasteiger partial charge in [0.2, 0.25) is 0 Å². The van der Waals surface area contributed by atoms with Crippen LogP contribution in [0, 0.1) is 0 Å². The molecule has 0 aromatic heterocycles. The van der Waals surface area contributed by atoms with E-state index in [0.717, 1.165) is 25.8 Å². The van der Waals surface area contributed by atoms with E-state index >= 15 is 0 Å². The molecule has 0 bridgehead atoms. The van der Waals surface area contributed by atoms with E-state index in [0.29, 0.717) is 6.54 Å². The van der Waals surface area contributed by atoms with Crippen molar-refractivity contribution in [2.75, 3.05) is 19.6 Å². The van der Waals surface area contributed by atoms with Crippen LogP contribution >= 0.6 is 0 Å². The molecule has 2 N–H and O–H groups in total. The molecular formula is C12H22F3N3O.